The summed E-state index contributed by atoms with van der Waals surface area (Å²) in [5.41, 5.74) is 0. The summed E-state index contributed by atoms with van der Waals surface area (Å²) < 4.78 is 9.53. The van der Waals surface area contributed by atoms with E-state index in [0.29, 0.717) is 6.61 Å². The smallest absolute Gasteiger partial charge is 0.302 e. The van der Waals surface area contributed by atoms with Crippen LogP contribution in [-0.4, -0.2) is 25.3 Å². The maximum atomic E-state index is 10.2. The van der Waals surface area contributed by atoms with E-state index in [4.69, 9.17) is 4.74 Å². The van der Waals surface area contributed by atoms with E-state index in [0.717, 1.165) is 6.61 Å². The first kappa shape index (κ1) is 7.28. The maximum absolute atomic E-state index is 10.2. The first-order valence-corrected chi connectivity index (χ1v) is 3.20. The van der Waals surface area contributed by atoms with Crippen molar-refractivity contribution in [1.82, 2.24) is 0 Å². The molecule has 0 spiro atoms. The molecule has 1 saturated heterocycles. The average molecular weight is 142 g/mol. The van der Waals surface area contributed by atoms with Crippen LogP contribution in [0.3, 0.4) is 0 Å². The summed E-state index contributed by atoms with van der Waals surface area (Å²) in [6.07, 6.45) is 3.96. The SMILES string of the molecule is CC(=O)OC/C=C/C1CO1. The lowest BCUT2D eigenvalue weighted by molar-refractivity contribution is -0.139. The third-order valence-corrected chi connectivity index (χ3v) is 1.09. The quantitative estimate of drug-likeness (QED) is 0.327. The highest BCUT2D eigenvalue weighted by molar-refractivity contribution is 5.65. The van der Waals surface area contributed by atoms with Gasteiger partial charge in [0.25, 0.3) is 0 Å². The van der Waals surface area contributed by atoms with Crippen LogP contribution in [0.2, 0.25) is 0 Å². The van der Waals surface area contributed by atoms with Gasteiger partial charge in [0, 0.05) is 6.92 Å². The molecule has 0 amide bonds. The molecule has 3 nitrogen and oxygen atoms in total. The van der Waals surface area contributed by atoms with Crippen LogP contribution in [0.5, 0.6) is 0 Å². The number of carbonyl (C=O) groups is 1. The molecular formula is C7H10O3. The molecule has 1 unspecified atom stereocenters. The lowest BCUT2D eigenvalue weighted by Crippen LogP contribution is -1.97. The van der Waals surface area contributed by atoms with E-state index in [-0.39, 0.29) is 12.1 Å². The summed E-state index contributed by atoms with van der Waals surface area (Å²) in [5, 5.41) is 0. The van der Waals surface area contributed by atoms with Crippen molar-refractivity contribution in [3.8, 4) is 0 Å². The maximum Gasteiger partial charge on any atom is 0.302 e. The van der Waals surface area contributed by atoms with Crippen molar-refractivity contribution in [1.29, 1.82) is 0 Å². The Bertz CT molecular complexity index is 147. The summed E-state index contributed by atoms with van der Waals surface area (Å²) in [6.45, 7) is 2.55. The third-order valence-electron chi connectivity index (χ3n) is 1.09. The van der Waals surface area contributed by atoms with Gasteiger partial charge < -0.3 is 9.47 Å². The topological polar surface area (TPSA) is 38.8 Å². The van der Waals surface area contributed by atoms with E-state index >= 15 is 0 Å². The number of epoxide rings is 1. The Morgan fingerprint density at radius 1 is 1.90 bits per heavy atom. The van der Waals surface area contributed by atoms with Crippen LogP contribution < -0.4 is 0 Å². The van der Waals surface area contributed by atoms with Crippen molar-refractivity contribution < 1.29 is 14.3 Å². The summed E-state index contributed by atoms with van der Waals surface area (Å²) in [4.78, 5) is 10.2. The van der Waals surface area contributed by atoms with Crippen LogP contribution in [0.4, 0.5) is 0 Å². The van der Waals surface area contributed by atoms with Crippen molar-refractivity contribution in [3.63, 3.8) is 0 Å². The second-order valence-electron chi connectivity index (χ2n) is 2.10. The van der Waals surface area contributed by atoms with E-state index < -0.39 is 0 Å². The number of hydrogen-bond acceptors (Lipinski definition) is 3. The van der Waals surface area contributed by atoms with Gasteiger partial charge in [-0.25, -0.2) is 0 Å². The highest BCUT2D eigenvalue weighted by Crippen LogP contribution is 2.09. The molecule has 10 heavy (non-hydrogen) atoms. The minimum absolute atomic E-state index is 0.249. The van der Waals surface area contributed by atoms with Gasteiger partial charge in [-0.1, -0.05) is 6.08 Å². The minimum atomic E-state index is -0.249. The molecule has 1 heterocycles. The van der Waals surface area contributed by atoms with Crippen molar-refractivity contribution in [3.05, 3.63) is 12.2 Å². The van der Waals surface area contributed by atoms with Gasteiger partial charge in [0.15, 0.2) is 0 Å². The molecule has 1 aliphatic heterocycles. The number of carbonyl (C=O) groups excluding carboxylic acids is 1. The predicted molar refractivity (Wildman–Crippen MR) is 35.5 cm³/mol. The molecule has 1 fully saturated rings. The molecule has 3 heteroatoms. The van der Waals surface area contributed by atoms with E-state index in [1.807, 2.05) is 6.08 Å². The van der Waals surface area contributed by atoms with Crippen molar-refractivity contribution in [2.75, 3.05) is 13.2 Å². The second-order valence-corrected chi connectivity index (χ2v) is 2.10. The summed E-state index contributed by atoms with van der Waals surface area (Å²) in [6, 6.07) is 0. The van der Waals surface area contributed by atoms with Gasteiger partial charge in [-0.15, -0.1) is 0 Å². The van der Waals surface area contributed by atoms with Gasteiger partial charge >= 0.3 is 5.97 Å². The van der Waals surface area contributed by atoms with Gasteiger partial charge in [0.2, 0.25) is 0 Å². The van der Waals surface area contributed by atoms with Crippen LogP contribution >= 0.6 is 0 Å². The summed E-state index contributed by atoms with van der Waals surface area (Å²) in [5.74, 6) is -0.249. The number of rotatable bonds is 3. The minimum Gasteiger partial charge on any atom is -0.462 e. The van der Waals surface area contributed by atoms with Crippen molar-refractivity contribution in [2.24, 2.45) is 0 Å². The molecule has 1 atom stereocenters. The first-order chi connectivity index (χ1) is 4.79. The Morgan fingerprint density at radius 3 is 3.10 bits per heavy atom. The molecule has 0 saturated carbocycles. The number of hydrogen-bond donors (Lipinski definition) is 0. The Hall–Kier alpha value is -0.830. The Morgan fingerprint density at radius 2 is 2.60 bits per heavy atom. The molecule has 0 aromatic rings. The van der Waals surface area contributed by atoms with Gasteiger partial charge in [-0.3, -0.25) is 4.79 Å². The monoisotopic (exact) mass is 142 g/mol. The molecule has 0 aromatic heterocycles. The zero-order valence-electron chi connectivity index (χ0n) is 5.87. The Labute approximate surface area is 59.6 Å². The van der Waals surface area contributed by atoms with Gasteiger partial charge in [0.1, 0.15) is 6.61 Å². The Kier molecular flexibility index (Phi) is 2.45. The fourth-order valence-corrected chi connectivity index (χ4v) is 0.539. The summed E-state index contributed by atoms with van der Waals surface area (Å²) >= 11 is 0. The standard InChI is InChI=1S/C7H10O3/c1-6(8)9-4-2-3-7-5-10-7/h2-3,7H,4-5H2,1H3/b3-2+. The highest BCUT2D eigenvalue weighted by atomic mass is 16.6. The molecule has 0 aromatic carbocycles. The molecule has 1 rings (SSSR count). The summed E-state index contributed by atoms with van der Waals surface area (Å²) in [7, 11) is 0. The van der Waals surface area contributed by atoms with E-state index in [9.17, 15) is 4.79 Å². The number of ether oxygens (including phenoxy) is 2. The van der Waals surface area contributed by atoms with Crippen LogP contribution in [0.1, 0.15) is 6.92 Å². The lowest BCUT2D eigenvalue weighted by atomic mass is 10.4. The van der Waals surface area contributed by atoms with Gasteiger partial charge in [-0.2, -0.15) is 0 Å². The Balaban J connectivity index is 1.98. The van der Waals surface area contributed by atoms with Crippen LogP contribution in [-0.2, 0) is 14.3 Å². The third kappa shape index (κ3) is 3.25. The van der Waals surface area contributed by atoms with Crippen LogP contribution in [0, 0.1) is 0 Å². The van der Waals surface area contributed by atoms with E-state index in [2.05, 4.69) is 4.74 Å². The molecule has 1 aliphatic rings. The van der Waals surface area contributed by atoms with Crippen LogP contribution in [0.15, 0.2) is 12.2 Å². The zero-order chi connectivity index (χ0) is 7.40. The van der Waals surface area contributed by atoms with E-state index in [1.54, 1.807) is 6.08 Å². The highest BCUT2D eigenvalue weighted by Gasteiger charge is 2.17. The molecule has 0 radical (unpaired) electrons. The zero-order valence-corrected chi connectivity index (χ0v) is 5.87. The predicted octanol–water partition coefficient (Wildman–Crippen LogP) is 0.504. The molecule has 0 N–H and O–H groups in total. The fourth-order valence-electron chi connectivity index (χ4n) is 0.539. The van der Waals surface area contributed by atoms with Gasteiger partial charge in [0.05, 0.1) is 12.7 Å². The van der Waals surface area contributed by atoms with Crippen molar-refractivity contribution >= 4 is 5.97 Å². The largest absolute Gasteiger partial charge is 0.462 e. The van der Waals surface area contributed by atoms with E-state index in [1.165, 1.54) is 6.92 Å². The molecule has 0 bridgehead atoms. The molecule has 56 valence electrons. The van der Waals surface area contributed by atoms with Gasteiger partial charge in [-0.05, 0) is 6.08 Å². The number of esters is 1. The fraction of sp³-hybridized carbons (Fsp3) is 0.571. The second kappa shape index (κ2) is 3.37. The normalized spacial score (nSPS) is 23.1. The first-order valence-electron chi connectivity index (χ1n) is 3.20. The van der Waals surface area contributed by atoms with Crippen LogP contribution in [0.25, 0.3) is 0 Å². The lowest BCUT2D eigenvalue weighted by Gasteiger charge is -1.92. The molecule has 0 aliphatic carbocycles. The average Bonchev–Trinajstić information content (AvgIpc) is 2.62. The van der Waals surface area contributed by atoms with Crippen molar-refractivity contribution in [2.45, 2.75) is 13.0 Å². The molecular weight excluding hydrogens is 132 g/mol.